The smallest absolute Gasteiger partial charge is 0.337 e. The van der Waals surface area contributed by atoms with Gasteiger partial charge in [0.1, 0.15) is 12.4 Å². The molecule has 0 unspecified atom stereocenters. The zero-order chi connectivity index (χ0) is 27.8. The number of esters is 1. The number of hydrogen-bond acceptors (Lipinski definition) is 9. The van der Waals surface area contributed by atoms with Crippen LogP contribution < -0.4 is 30.3 Å². The number of nitrogens with zero attached hydrogens (tertiary/aromatic N) is 1. The molecule has 2 atom stereocenters. The minimum atomic E-state index is -1.11. The number of carbonyl (C=O) groups excluding carboxylic acids is 2. The molecule has 0 saturated carbocycles. The fourth-order valence-corrected chi connectivity index (χ4v) is 5.55. The molecule has 0 saturated heterocycles. The van der Waals surface area contributed by atoms with Crippen molar-refractivity contribution in [2.24, 2.45) is 5.10 Å². The van der Waals surface area contributed by atoms with Crippen molar-refractivity contribution in [3.63, 3.8) is 0 Å². The zero-order valence-corrected chi connectivity index (χ0v) is 24.9. The number of nitrogens with one attached hydrogen (secondary N) is 3. The lowest BCUT2D eigenvalue weighted by Gasteiger charge is -2.28. The highest BCUT2D eigenvalue weighted by molar-refractivity contribution is 14.1. The molecule has 0 spiro atoms. The highest BCUT2D eigenvalue weighted by Gasteiger charge is 2.32. The zero-order valence-electron chi connectivity index (χ0n) is 21.1. The van der Waals surface area contributed by atoms with Gasteiger partial charge in [-0.1, -0.05) is 6.07 Å². The molecular weight excluding hydrogens is 675 g/mol. The maximum absolute atomic E-state index is 12.4. The van der Waals surface area contributed by atoms with Crippen molar-refractivity contribution >= 4 is 56.7 Å². The van der Waals surface area contributed by atoms with Crippen LogP contribution in [-0.2, 0) is 9.53 Å². The number of carbonyl (C=O) groups is 2. The Balaban J connectivity index is 1.70. The van der Waals surface area contributed by atoms with E-state index in [1.165, 1.54) is 7.11 Å². The Kier molecular flexibility index (Phi) is 10.6. The van der Waals surface area contributed by atoms with Crippen LogP contribution in [0.25, 0.3) is 0 Å². The maximum atomic E-state index is 12.4. The lowest BCUT2D eigenvalue weighted by Crippen LogP contribution is -2.45. The summed E-state index contributed by atoms with van der Waals surface area (Å²) in [6.07, 6.45) is 0.457. The van der Waals surface area contributed by atoms with E-state index in [-0.39, 0.29) is 12.2 Å². The normalized spacial score (nSPS) is 16.0. The topological polar surface area (TPSA) is 140 Å². The Labute approximate surface area is 242 Å². The third-order valence-electron chi connectivity index (χ3n) is 5.33. The van der Waals surface area contributed by atoms with Crippen LogP contribution >= 0.6 is 38.5 Å². The van der Waals surface area contributed by atoms with E-state index in [0.717, 1.165) is 19.4 Å². The van der Waals surface area contributed by atoms with E-state index in [4.69, 9.17) is 18.9 Å². The Morgan fingerprint density at radius 3 is 2.68 bits per heavy atom. The van der Waals surface area contributed by atoms with Gasteiger partial charge in [-0.25, -0.2) is 9.59 Å². The summed E-state index contributed by atoms with van der Waals surface area (Å²) < 4.78 is 23.4. The van der Waals surface area contributed by atoms with E-state index >= 15 is 0 Å². The molecule has 2 amide bonds. The molecule has 2 aromatic carbocycles. The Hall–Kier alpha value is -3.04. The average molecular weight is 703 g/mol. The third-order valence-corrected chi connectivity index (χ3v) is 6.72. The Morgan fingerprint density at radius 1 is 1.26 bits per heavy atom. The van der Waals surface area contributed by atoms with Gasteiger partial charge in [0.05, 0.1) is 46.7 Å². The van der Waals surface area contributed by atoms with E-state index in [0.29, 0.717) is 29.4 Å². The number of benzene rings is 2. The molecule has 1 heterocycles. The first-order chi connectivity index (χ1) is 18.2. The summed E-state index contributed by atoms with van der Waals surface area (Å²) in [7, 11) is 2.88. The van der Waals surface area contributed by atoms with Gasteiger partial charge in [0.25, 0.3) is 0 Å². The first-order valence-corrected chi connectivity index (χ1v) is 13.3. The standard InChI is InChI=1S/C25H28BrIN4O7/c1-5-37-19-10-15(22-21(24(33)36-4)13(2)29-25(34)30-22)6-7-18(19)38-12-20(32)31-28-11-14-8-16(26)23(35-3)17(27)9-14/h6-11,20,22,31-32H,5,12H2,1-4H3,(H2,29,30,34)/b28-11-/t20-,22-/m1/s1. The minimum absolute atomic E-state index is 0.128. The van der Waals surface area contributed by atoms with Crippen LogP contribution in [0.3, 0.4) is 0 Å². The van der Waals surface area contributed by atoms with Crippen LogP contribution in [0.15, 0.2) is 51.2 Å². The van der Waals surface area contributed by atoms with Gasteiger partial charge in [-0.2, -0.15) is 5.10 Å². The summed E-state index contributed by atoms with van der Waals surface area (Å²) in [6.45, 7) is 3.66. The fraction of sp³-hybridized carbons (Fsp3) is 0.320. The van der Waals surface area contributed by atoms with Crippen LogP contribution in [0.4, 0.5) is 4.79 Å². The molecule has 2 aromatic rings. The predicted molar refractivity (Wildman–Crippen MR) is 152 cm³/mol. The number of urea groups is 1. The van der Waals surface area contributed by atoms with Crippen molar-refractivity contribution in [2.75, 3.05) is 27.4 Å². The number of amides is 2. The third kappa shape index (κ3) is 7.29. The Morgan fingerprint density at radius 2 is 2.03 bits per heavy atom. The van der Waals surface area contributed by atoms with Gasteiger partial charge < -0.3 is 34.7 Å². The average Bonchev–Trinajstić information content (AvgIpc) is 2.87. The van der Waals surface area contributed by atoms with Gasteiger partial charge >= 0.3 is 12.0 Å². The summed E-state index contributed by atoms with van der Waals surface area (Å²) in [6, 6.07) is 7.57. The van der Waals surface area contributed by atoms with Gasteiger partial charge in [-0.15, -0.1) is 0 Å². The number of ether oxygens (including phenoxy) is 4. The molecule has 0 fully saturated rings. The molecule has 0 aliphatic carbocycles. The number of methoxy groups -OCH3 is 2. The molecule has 0 bridgehead atoms. The van der Waals surface area contributed by atoms with E-state index in [9.17, 15) is 14.7 Å². The van der Waals surface area contributed by atoms with E-state index in [1.807, 2.05) is 19.1 Å². The second-order valence-corrected chi connectivity index (χ2v) is 9.95. The van der Waals surface area contributed by atoms with Crippen molar-refractivity contribution in [3.05, 3.63) is 60.8 Å². The van der Waals surface area contributed by atoms with Crippen molar-refractivity contribution in [2.45, 2.75) is 26.1 Å². The van der Waals surface area contributed by atoms with E-state index < -0.39 is 24.3 Å². The number of hydrogen-bond donors (Lipinski definition) is 4. The summed E-state index contributed by atoms with van der Waals surface area (Å²) in [5.41, 5.74) is 4.69. The van der Waals surface area contributed by atoms with Gasteiger partial charge in [0.2, 0.25) is 0 Å². The molecule has 1 aliphatic heterocycles. The fourth-order valence-electron chi connectivity index (χ4n) is 3.67. The number of rotatable bonds is 11. The van der Waals surface area contributed by atoms with Gasteiger partial charge in [0, 0.05) is 5.70 Å². The highest BCUT2D eigenvalue weighted by atomic mass is 127. The van der Waals surface area contributed by atoms with Crippen molar-refractivity contribution in [3.8, 4) is 17.2 Å². The molecule has 13 heteroatoms. The summed E-state index contributed by atoms with van der Waals surface area (Å²) in [5.74, 6) is 0.919. The molecule has 38 heavy (non-hydrogen) atoms. The van der Waals surface area contributed by atoms with Crippen LogP contribution in [0.5, 0.6) is 17.2 Å². The maximum Gasteiger partial charge on any atom is 0.337 e. The van der Waals surface area contributed by atoms with E-state index in [1.54, 1.807) is 38.4 Å². The molecular formula is C25H28BrIN4O7. The monoisotopic (exact) mass is 702 g/mol. The molecule has 0 radical (unpaired) electrons. The van der Waals surface area contributed by atoms with Crippen LogP contribution in [0.1, 0.15) is 31.0 Å². The van der Waals surface area contributed by atoms with Crippen molar-refractivity contribution < 1.29 is 33.6 Å². The summed E-state index contributed by atoms with van der Waals surface area (Å²) in [4.78, 5) is 24.5. The van der Waals surface area contributed by atoms with Crippen molar-refractivity contribution in [1.82, 2.24) is 16.1 Å². The van der Waals surface area contributed by atoms with Gasteiger partial charge in [-0.3, -0.25) is 5.43 Å². The molecule has 1 aliphatic rings. The Bertz CT molecular complexity index is 1230. The number of allylic oxidation sites excluding steroid dienone is 1. The largest absolute Gasteiger partial charge is 0.494 e. The quantitative estimate of drug-likeness (QED) is 0.0917. The summed E-state index contributed by atoms with van der Waals surface area (Å²) >= 11 is 5.62. The predicted octanol–water partition coefficient (Wildman–Crippen LogP) is 3.58. The second kappa shape index (κ2) is 13.7. The molecule has 3 rings (SSSR count). The van der Waals surface area contributed by atoms with Gasteiger partial charge in [-0.05, 0) is 87.8 Å². The lowest BCUT2D eigenvalue weighted by molar-refractivity contribution is -0.136. The molecule has 4 N–H and O–H groups in total. The van der Waals surface area contributed by atoms with Crippen LogP contribution in [0, 0.1) is 3.57 Å². The SMILES string of the molecule is CCOc1cc([C@H]2NC(=O)NC(C)=C2C(=O)OC)ccc1OC[C@@H](O)N/N=C\c1cc(Br)c(OC)c(I)c1. The first-order valence-electron chi connectivity index (χ1n) is 11.4. The lowest BCUT2D eigenvalue weighted by atomic mass is 9.95. The van der Waals surface area contributed by atoms with Crippen LogP contribution in [-0.4, -0.2) is 57.0 Å². The first kappa shape index (κ1) is 29.5. The van der Waals surface area contributed by atoms with Gasteiger partial charge in [0.15, 0.2) is 17.7 Å². The highest BCUT2D eigenvalue weighted by Crippen LogP contribution is 2.35. The van der Waals surface area contributed by atoms with Crippen molar-refractivity contribution in [1.29, 1.82) is 0 Å². The minimum Gasteiger partial charge on any atom is -0.494 e. The summed E-state index contributed by atoms with van der Waals surface area (Å²) in [5, 5.41) is 19.7. The number of aliphatic hydroxyl groups excluding tert-OH is 1. The number of aliphatic hydroxyl groups is 1. The molecule has 0 aromatic heterocycles. The van der Waals surface area contributed by atoms with Crippen LogP contribution in [0.2, 0.25) is 0 Å². The number of halogens is 2. The molecule has 204 valence electrons. The second-order valence-electron chi connectivity index (χ2n) is 7.93. The molecule has 11 nitrogen and oxygen atoms in total. The van der Waals surface area contributed by atoms with E-state index in [2.05, 4.69) is 59.7 Å². The number of hydrazone groups is 1.